The van der Waals surface area contributed by atoms with Gasteiger partial charge in [-0.25, -0.2) is 9.97 Å². The highest BCUT2D eigenvalue weighted by Gasteiger charge is 2.18. The SMILES string of the molecule is COc1ccc2cc1COCC=CCOCc1cc(ccc1N1CCN(C)CC1)Nc1nccc-2n1. The minimum atomic E-state index is 0.442. The molecule has 8 heteroatoms. The standard InChI is InChI=1S/C28H33N5O3/c1-32-11-13-33(14-12-32)26-7-6-24-18-22(26)19-35-15-3-4-16-36-20-23-17-21(5-8-27(23)34-2)25-9-10-29-28(30-24)31-25/h3-10,17-18H,11-16,19-20H2,1-2H3,(H,29,30,31). The van der Waals surface area contributed by atoms with Crippen LogP contribution in [0.2, 0.25) is 0 Å². The first-order valence-corrected chi connectivity index (χ1v) is 12.3. The molecule has 1 saturated heterocycles. The summed E-state index contributed by atoms with van der Waals surface area (Å²) in [4.78, 5) is 14.0. The van der Waals surface area contributed by atoms with E-state index in [2.05, 4.69) is 51.4 Å². The van der Waals surface area contributed by atoms with Crippen molar-refractivity contribution in [1.82, 2.24) is 14.9 Å². The van der Waals surface area contributed by atoms with Crippen LogP contribution in [0.15, 0.2) is 60.8 Å². The number of rotatable bonds is 2. The number of ether oxygens (including phenoxy) is 3. The smallest absolute Gasteiger partial charge is 0.227 e. The molecule has 188 valence electrons. The molecule has 3 aromatic rings. The average molecular weight is 488 g/mol. The summed E-state index contributed by atoms with van der Waals surface area (Å²) in [6, 6.07) is 14.3. The van der Waals surface area contributed by atoms with E-state index in [1.807, 2.05) is 30.4 Å². The van der Waals surface area contributed by atoms with E-state index in [-0.39, 0.29) is 0 Å². The molecule has 1 N–H and O–H groups in total. The van der Waals surface area contributed by atoms with Gasteiger partial charge in [-0.2, -0.15) is 0 Å². The fourth-order valence-corrected chi connectivity index (χ4v) is 4.50. The first kappa shape index (κ1) is 24.2. The largest absolute Gasteiger partial charge is 0.496 e. The number of fused-ring (bicyclic) bond motifs is 7. The van der Waals surface area contributed by atoms with Crippen LogP contribution in [0.3, 0.4) is 0 Å². The normalized spacial score (nSPS) is 17.1. The van der Waals surface area contributed by atoms with Gasteiger partial charge in [-0.1, -0.05) is 12.2 Å². The van der Waals surface area contributed by atoms with Gasteiger partial charge in [0.15, 0.2) is 0 Å². The van der Waals surface area contributed by atoms with Gasteiger partial charge in [0.1, 0.15) is 5.75 Å². The van der Waals surface area contributed by atoms with Gasteiger partial charge in [-0.05, 0) is 49.5 Å². The lowest BCUT2D eigenvalue weighted by atomic mass is 10.1. The Hall–Kier alpha value is -3.46. The van der Waals surface area contributed by atoms with Crippen LogP contribution in [-0.2, 0) is 22.7 Å². The van der Waals surface area contributed by atoms with Gasteiger partial charge >= 0.3 is 0 Å². The highest BCUT2D eigenvalue weighted by atomic mass is 16.5. The van der Waals surface area contributed by atoms with Crippen LogP contribution in [0, 0.1) is 0 Å². The van der Waals surface area contributed by atoms with E-state index in [9.17, 15) is 0 Å². The van der Waals surface area contributed by atoms with E-state index in [0.717, 1.165) is 60.0 Å². The number of hydrogen-bond donors (Lipinski definition) is 1. The Labute approximate surface area is 212 Å². The van der Waals surface area contributed by atoms with E-state index < -0.39 is 0 Å². The molecule has 0 atom stereocenters. The molecule has 0 spiro atoms. The summed E-state index contributed by atoms with van der Waals surface area (Å²) in [7, 11) is 3.84. The Bertz CT molecular complexity index is 1210. The van der Waals surface area contributed by atoms with Crippen molar-refractivity contribution in [2.45, 2.75) is 13.2 Å². The van der Waals surface area contributed by atoms with Crippen LogP contribution < -0.4 is 15.0 Å². The van der Waals surface area contributed by atoms with Gasteiger partial charge in [-0.15, -0.1) is 0 Å². The number of anilines is 3. The summed E-state index contributed by atoms with van der Waals surface area (Å²) in [5.74, 6) is 1.34. The summed E-state index contributed by atoms with van der Waals surface area (Å²) in [5, 5.41) is 3.39. The van der Waals surface area contributed by atoms with Gasteiger partial charge in [0.2, 0.25) is 5.95 Å². The number of likely N-dealkylation sites (N-methyl/N-ethyl adjacent to an activating group) is 1. The van der Waals surface area contributed by atoms with Crippen LogP contribution in [0.1, 0.15) is 11.1 Å². The summed E-state index contributed by atoms with van der Waals surface area (Å²) >= 11 is 0. The van der Waals surface area contributed by atoms with Crippen LogP contribution in [0.4, 0.5) is 17.3 Å². The van der Waals surface area contributed by atoms with Crippen LogP contribution in [0.5, 0.6) is 5.75 Å². The molecule has 1 aromatic heterocycles. The summed E-state index contributed by atoms with van der Waals surface area (Å²) in [6.45, 7) is 6.09. The molecular weight excluding hydrogens is 454 g/mol. The van der Waals surface area contributed by atoms with E-state index in [4.69, 9.17) is 19.2 Å². The van der Waals surface area contributed by atoms with Crippen molar-refractivity contribution in [3.05, 3.63) is 71.9 Å². The first-order chi connectivity index (χ1) is 17.7. The Morgan fingerprint density at radius 3 is 2.44 bits per heavy atom. The number of hydrogen-bond acceptors (Lipinski definition) is 8. The Kier molecular flexibility index (Phi) is 7.76. The van der Waals surface area contributed by atoms with E-state index in [0.29, 0.717) is 32.4 Å². The third-order valence-electron chi connectivity index (χ3n) is 6.52. The molecule has 3 heterocycles. The van der Waals surface area contributed by atoms with Crippen molar-refractivity contribution in [1.29, 1.82) is 0 Å². The van der Waals surface area contributed by atoms with Gasteiger partial charge in [0.05, 0.1) is 39.2 Å². The maximum Gasteiger partial charge on any atom is 0.227 e. The molecule has 1 fully saturated rings. The minimum absolute atomic E-state index is 0.442. The average Bonchev–Trinajstić information content (AvgIpc) is 2.90. The number of piperazine rings is 1. The molecule has 0 amide bonds. The Morgan fingerprint density at radius 1 is 0.889 bits per heavy atom. The molecule has 36 heavy (non-hydrogen) atoms. The maximum atomic E-state index is 6.03. The monoisotopic (exact) mass is 487 g/mol. The number of nitrogens with one attached hydrogen (secondary N) is 1. The van der Waals surface area contributed by atoms with Crippen LogP contribution >= 0.6 is 0 Å². The number of methoxy groups -OCH3 is 1. The van der Waals surface area contributed by atoms with E-state index in [1.54, 1.807) is 13.3 Å². The second kappa shape index (κ2) is 11.5. The number of benzene rings is 2. The molecule has 5 rings (SSSR count). The van der Waals surface area contributed by atoms with Gasteiger partial charge in [0.25, 0.3) is 0 Å². The quantitative estimate of drug-likeness (QED) is 0.538. The lowest BCUT2D eigenvalue weighted by Crippen LogP contribution is -2.44. The lowest BCUT2D eigenvalue weighted by Gasteiger charge is -2.35. The van der Waals surface area contributed by atoms with Crippen molar-refractivity contribution in [2.24, 2.45) is 0 Å². The zero-order chi connectivity index (χ0) is 24.7. The summed E-state index contributed by atoms with van der Waals surface area (Å²) < 4.78 is 17.4. The molecule has 2 aromatic carbocycles. The first-order valence-electron chi connectivity index (χ1n) is 12.3. The topological polar surface area (TPSA) is 72.0 Å². The molecule has 2 aliphatic rings. The highest BCUT2D eigenvalue weighted by Crippen LogP contribution is 2.29. The number of aromatic nitrogens is 2. The zero-order valence-electron chi connectivity index (χ0n) is 20.9. The molecule has 0 aliphatic carbocycles. The van der Waals surface area contributed by atoms with Gasteiger partial charge in [0, 0.05) is 60.4 Å². The van der Waals surface area contributed by atoms with Crippen molar-refractivity contribution in [3.63, 3.8) is 0 Å². The van der Waals surface area contributed by atoms with Crippen molar-refractivity contribution >= 4 is 17.3 Å². The molecule has 0 radical (unpaired) electrons. The molecular formula is C28H33N5O3. The molecule has 8 nitrogen and oxygen atoms in total. The minimum Gasteiger partial charge on any atom is -0.496 e. The predicted octanol–water partition coefficient (Wildman–Crippen LogP) is 4.25. The third-order valence-corrected chi connectivity index (χ3v) is 6.52. The summed E-state index contributed by atoms with van der Waals surface area (Å²) in [5.41, 5.74) is 6.08. The van der Waals surface area contributed by atoms with Crippen LogP contribution in [0.25, 0.3) is 11.3 Å². The lowest BCUT2D eigenvalue weighted by molar-refractivity contribution is 0.139. The van der Waals surface area contributed by atoms with Crippen molar-refractivity contribution in [2.75, 3.05) is 63.8 Å². The maximum absolute atomic E-state index is 6.03. The Balaban J connectivity index is 1.47. The second-order valence-corrected chi connectivity index (χ2v) is 9.05. The van der Waals surface area contributed by atoms with Gasteiger partial charge < -0.3 is 29.3 Å². The highest BCUT2D eigenvalue weighted by molar-refractivity contribution is 5.66. The Morgan fingerprint density at radius 2 is 1.67 bits per heavy atom. The van der Waals surface area contributed by atoms with Crippen molar-refractivity contribution < 1.29 is 14.2 Å². The molecule has 0 saturated carbocycles. The van der Waals surface area contributed by atoms with E-state index in [1.165, 1.54) is 5.69 Å². The second-order valence-electron chi connectivity index (χ2n) is 9.05. The van der Waals surface area contributed by atoms with Crippen molar-refractivity contribution in [3.8, 4) is 17.0 Å². The fourth-order valence-electron chi connectivity index (χ4n) is 4.50. The van der Waals surface area contributed by atoms with E-state index >= 15 is 0 Å². The van der Waals surface area contributed by atoms with Crippen LogP contribution in [-0.4, -0.2) is 68.4 Å². The number of nitrogens with zero attached hydrogens (tertiary/aromatic N) is 4. The molecule has 2 aliphatic heterocycles. The van der Waals surface area contributed by atoms with Gasteiger partial charge in [-0.3, -0.25) is 0 Å². The third kappa shape index (κ3) is 5.84. The fraction of sp³-hybridized carbons (Fsp3) is 0.357. The zero-order valence-corrected chi connectivity index (χ0v) is 20.9. The predicted molar refractivity (Wildman–Crippen MR) is 142 cm³/mol. The summed E-state index contributed by atoms with van der Waals surface area (Å²) in [6.07, 6.45) is 5.78. The molecule has 6 bridgehead atoms. The molecule has 0 unspecified atom stereocenters.